The predicted molar refractivity (Wildman–Crippen MR) is 75.9 cm³/mol. The molecule has 0 saturated heterocycles. The minimum absolute atomic E-state index is 0.321. The number of sulfonamides is 1. The van der Waals surface area contributed by atoms with Crippen molar-refractivity contribution in [2.75, 3.05) is 6.26 Å². The van der Waals surface area contributed by atoms with E-state index in [4.69, 9.17) is 4.74 Å². The van der Waals surface area contributed by atoms with Crippen LogP contribution in [0.1, 0.15) is 0 Å². The summed E-state index contributed by atoms with van der Waals surface area (Å²) in [4.78, 5) is 11.1. The van der Waals surface area contributed by atoms with Crippen molar-refractivity contribution in [3.05, 3.63) is 25.3 Å². The lowest BCUT2D eigenvalue weighted by Crippen LogP contribution is -2.32. The Balaban J connectivity index is 2.78. The summed E-state index contributed by atoms with van der Waals surface area (Å²) in [5.74, 6) is 0.321. The third-order valence-electron chi connectivity index (χ3n) is 1.37. The average molecular weight is 467 g/mol. The van der Waals surface area contributed by atoms with E-state index in [1.165, 1.54) is 0 Å². The molecule has 0 fully saturated rings. The Hall–Kier alpha value is -0.1000. The van der Waals surface area contributed by atoms with Crippen LogP contribution in [0.3, 0.4) is 0 Å². The van der Waals surface area contributed by atoms with Gasteiger partial charge < -0.3 is 4.74 Å². The van der Waals surface area contributed by atoms with E-state index in [2.05, 4.69) is 22.6 Å². The first-order valence-corrected chi connectivity index (χ1v) is 7.97. The Bertz CT molecular complexity index is 515. The first kappa shape index (κ1) is 14.0. The van der Waals surface area contributed by atoms with Crippen LogP contribution < -0.4 is 9.46 Å². The van der Waals surface area contributed by atoms with E-state index < -0.39 is 16.1 Å². The zero-order valence-corrected chi connectivity index (χ0v) is 13.2. The maximum Gasteiger partial charge on any atom is 0.426 e. The van der Waals surface area contributed by atoms with Gasteiger partial charge in [0.25, 0.3) is 0 Å². The molecule has 0 aliphatic carbocycles. The van der Waals surface area contributed by atoms with E-state index in [1.54, 1.807) is 16.9 Å². The molecular formula is C8H7I2NO4S. The maximum absolute atomic E-state index is 11.1. The average Bonchev–Trinajstić information content (AvgIpc) is 2.06. The number of nitrogens with one attached hydrogen (secondary N) is 1. The van der Waals surface area contributed by atoms with Crippen molar-refractivity contribution in [1.29, 1.82) is 0 Å². The van der Waals surface area contributed by atoms with Gasteiger partial charge in [0.2, 0.25) is 10.0 Å². The van der Waals surface area contributed by atoms with Crippen molar-refractivity contribution >= 4 is 61.3 Å². The molecule has 0 unspecified atom stereocenters. The lowest BCUT2D eigenvalue weighted by molar-refractivity contribution is 0.206. The molecule has 16 heavy (non-hydrogen) atoms. The van der Waals surface area contributed by atoms with Crippen molar-refractivity contribution in [2.24, 2.45) is 0 Å². The number of rotatable bonds is 2. The highest BCUT2D eigenvalue weighted by Crippen LogP contribution is 2.22. The molecule has 8 heteroatoms. The second-order valence-electron chi connectivity index (χ2n) is 2.84. The normalized spacial score (nSPS) is 10.9. The number of halogens is 2. The van der Waals surface area contributed by atoms with Crippen LogP contribution >= 0.6 is 45.2 Å². The topological polar surface area (TPSA) is 72.5 Å². The third kappa shape index (κ3) is 4.82. The maximum atomic E-state index is 11.1. The largest absolute Gasteiger partial charge is 0.426 e. The minimum atomic E-state index is -3.59. The Morgan fingerprint density at radius 2 is 2.00 bits per heavy atom. The molecule has 88 valence electrons. The number of carbonyl (C=O) groups is 1. The lowest BCUT2D eigenvalue weighted by Gasteiger charge is -2.06. The standard InChI is InChI=1S/C8H7I2NO4S/c1-16(13,14)11-8(12)15-7-3-2-5(9)4-6(7)10/h2-4H,1H3,(H,11,12). The Morgan fingerprint density at radius 1 is 1.38 bits per heavy atom. The lowest BCUT2D eigenvalue weighted by atomic mass is 10.3. The van der Waals surface area contributed by atoms with Gasteiger partial charge in [-0.25, -0.2) is 17.9 Å². The number of carbonyl (C=O) groups excluding carboxylic acids is 1. The zero-order chi connectivity index (χ0) is 12.3. The number of benzene rings is 1. The summed E-state index contributed by atoms with van der Waals surface area (Å²) in [6.45, 7) is 0. The van der Waals surface area contributed by atoms with Crippen LogP contribution in [0.2, 0.25) is 0 Å². The van der Waals surface area contributed by atoms with Gasteiger partial charge in [0.15, 0.2) is 0 Å². The summed E-state index contributed by atoms with van der Waals surface area (Å²) in [6, 6.07) is 5.17. The molecule has 1 amide bonds. The molecule has 5 nitrogen and oxygen atoms in total. The second-order valence-corrected chi connectivity index (χ2v) is 6.99. The molecule has 0 spiro atoms. The van der Waals surface area contributed by atoms with Crippen LogP contribution in [-0.2, 0) is 10.0 Å². The monoisotopic (exact) mass is 467 g/mol. The van der Waals surface area contributed by atoms with Crippen molar-refractivity contribution in [3.63, 3.8) is 0 Å². The molecule has 1 N–H and O–H groups in total. The molecular weight excluding hydrogens is 460 g/mol. The van der Waals surface area contributed by atoms with Gasteiger partial charge in [0.05, 0.1) is 9.83 Å². The Kier molecular flexibility index (Phi) is 4.79. The number of hydrogen-bond donors (Lipinski definition) is 1. The quantitative estimate of drug-likeness (QED) is 0.676. The molecule has 0 saturated carbocycles. The van der Waals surface area contributed by atoms with Crippen molar-refractivity contribution in [1.82, 2.24) is 4.72 Å². The smallest absolute Gasteiger partial charge is 0.409 e. The van der Waals surface area contributed by atoms with Gasteiger partial charge in [-0.1, -0.05) is 0 Å². The van der Waals surface area contributed by atoms with Crippen LogP contribution in [0.5, 0.6) is 5.75 Å². The molecule has 0 radical (unpaired) electrons. The highest BCUT2D eigenvalue weighted by Gasteiger charge is 2.12. The number of hydrogen-bond acceptors (Lipinski definition) is 4. The molecule has 1 aromatic rings. The third-order valence-corrected chi connectivity index (χ3v) is 3.42. The number of ether oxygens (including phenoxy) is 1. The van der Waals surface area contributed by atoms with Gasteiger partial charge in [0.1, 0.15) is 5.75 Å². The molecule has 0 aliphatic rings. The fourth-order valence-corrected chi connectivity index (χ4v) is 2.89. The molecule has 0 aliphatic heterocycles. The Labute approximate surface area is 120 Å². The summed E-state index contributed by atoms with van der Waals surface area (Å²) in [5, 5.41) is 0. The van der Waals surface area contributed by atoms with Gasteiger partial charge in [-0.2, -0.15) is 0 Å². The molecule has 0 bridgehead atoms. The van der Waals surface area contributed by atoms with Crippen LogP contribution in [0.4, 0.5) is 4.79 Å². The number of amides is 1. The first-order chi connectivity index (χ1) is 7.28. The van der Waals surface area contributed by atoms with E-state index in [0.29, 0.717) is 5.75 Å². The van der Waals surface area contributed by atoms with Gasteiger partial charge in [-0.3, -0.25) is 0 Å². The van der Waals surface area contributed by atoms with Crippen LogP contribution in [-0.4, -0.2) is 20.8 Å². The first-order valence-electron chi connectivity index (χ1n) is 3.92. The van der Waals surface area contributed by atoms with Gasteiger partial charge in [-0.15, -0.1) is 0 Å². The van der Waals surface area contributed by atoms with Gasteiger partial charge in [0, 0.05) is 3.57 Å². The minimum Gasteiger partial charge on any atom is -0.409 e. The van der Waals surface area contributed by atoms with E-state index in [9.17, 15) is 13.2 Å². The summed E-state index contributed by atoms with van der Waals surface area (Å²) in [5.41, 5.74) is 0. The second kappa shape index (κ2) is 5.49. The zero-order valence-electron chi connectivity index (χ0n) is 8.03. The molecule has 0 heterocycles. The molecule has 1 rings (SSSR count). The van der Waals surface area contributed by atoms with Gasteiger partial charge >= 0.3 is 6.09 Å². The highest BCUT2D eigenvalue weighted by atomic mass is 127. The predicted octanol–water partition coefficient (Wildman–Crippen LogP) is 1.94. The van der Waals surface area contributed by atoms with E-state index in [0.717, 1.165) is 13.4 Å². The summed E-state index contributed by atoms with van der Waals surface area (Å²) < 4.78 is 29.8. The van der Waals surface area contributed by atoms with E-state index >= 15 is 0 Å². The van der Waals surface area contributed by atoms with Crippen LogP contribution in [0, 0.1) is 7.14 Å². The van der Waals surface area contributed by atoms with Crippen LogP contribution in [0.25, 0.3) is 0 Å². The summed E-state index contributed by atoms with van der Waals surface area (Å²) >= 11 is 4.12. The van der Waals surface area contributed by atoms with Crippen LogP contribution in [0.15, 0.2) is 18.2 Å². The van der Waals surface area contributed by atoms with Crippen molar-refractivity contribution in [3.8, 4) is 5.75 Å². The van der Waals surface area contributed by atoms with E-state index in [-0.39, 0.29) is 0 Å². The fraction of sp³-hybridized carbons (Fsp3) is 0.125. The van der Waals surface area contributed by atoms with Crippen molar-refractivity contribution in [2.45, 2.75) is 0 Å². The molecule has 0 aromatic heterocycles. The summed E-state index contributed by atoms with van der Waals surface area (Å²) in [7, 11) is -3.59. The summed E-state index contributed by atoms with van der Waals surface area (Å²) in [6.07, 6.45) is -0.130. The SMILES string of the molecule is CS(=O)(=O)NC(=O)Oc1ccc(I)cc1I. The van der Waals surface area contributed by atoms with Gasteiger partial charge in [-0.05, 0) is 63.4 Å². The fourth-order valence-electron chi connectivity index (χ4n) is 0.830. The van der Waals surface area contributed by atoms with Crippen molar-refractivity contribution < 1.29 is 17.9 Å². The Morgan fingerprint density at radius 3 is 2.50 bits per heavy atom. The molecule has 1 aromatic carbocycles. The highest BCUT2D eigenvalue weighted by molar-refractivity contribution is 14.1. The molecule has 0 atom stereocenters. The van der Waals surface area contributed by atoms with E-state index in [1.807, 2.05) is 28.7 Å².